The number of fused-ring (bicyclic) bond motifs is 1. The lowest BCUT2D eigenvalue weighted by molar-refractivity contribution is 0.0514. The molecule has 3 rings (SSSR count). The summed E-state index contributed by atoms with van der Waals surface area (Å²) in [5, 5.41) is 4.05. The molecule has 0 atom stereocenters. The van der Waals surface area contributed by atoms with Crippen molar-refractivity contribution in [1.82, 2.24) is 0 Å². The molecule has 0 saturated carbocycles. The lowest BCUT2D eigenvalue weighted by Gasteiger charge is -2.19. The van der Waals surface area contributed by atoms with Gasteiger partial charge in [-0.15, -0.1) is 0 Å². The Balaban J connectivity index is 1.65. The molecule has 0 radical (unpaired) electrons. The zero-order valence-corrected chi connectivity index (χ0v) is 15.6. The molecular weight excluding hydrogens is 346 g/mol. The molecule has 142 valence electrons. The molecule has 6 nitrogen and oxygen atoms in total. The molecule has 0 aromatic heterocycles. The van der Waals surface area contributed by atoms with Gasteiger partial charge in [-0.1, -0.05) is 18.5 Å². The maximum absolute atomic E-state index is 12.3. The quantitative estimate of drug-likeness (QED) is 0.415. The summed E-state index contributed by atoms with van der Waals surface area (Å²) in [4.78, 5) is 17.4. The number of ether oxygens (including phenoxy) is 3. The van der Waals surface area contributed by atoms with Gasteiger partial charge in [0.15, 0.2) is 0 Å². The van der Waals surface area contributed by atoms with Crippen molar-refractivity contribution in [2.24, 2.45) is 5.16 Å². The molecule has 1 aliphatic rings. The van der Waals surface area contributed by atoms with Gasteiger partial charge in [-0.25, -0.2) is 4.79 Å². The Hall–Kier alpha value is -3.02. The summed E-state index contributed by atoms with van der Waals surface area (Å²) in [5.74, 6) is 1.60. The van der Waals surface area contributed by atoms with Gasteiger partial charge in [0.25, 0.3) is 0 Å². The van der Waals surface area contributed by atoms with Gasteiger partial charge in [-0.05, 0) is 42.8 Å². The standard InChI is InChI=1S/C21H23NO5/c1-3-4-12-25-16-7-5-15(6-8-16)21(23)27-22-19-11-13-26-20-14-17(24-2)9-10-18(19)20/h5-10,14H,3-4,11-13H2,1-2H3/b22-19+. The molecule has 0 saturated heterocycles. The Labute approximate surface area is 158 Å². The highest BCUT2D eigenvalue weighted by Gasteiger charge is 2.19. The van der Waals surface area contributed by atoms with Crippen molar-refractivity contribution in [3.63, 3.8) is 0 Å². The van der Waals surface area contributed by atoms with E-state index in [-0.39, 0.29) is 0 Å². The number of hydrogen-bond donors (Lipinski definition) is 0. The highest BCUT2D eigenvalue weighted by atomic mass is 16.7. The van der Waals surface area contributed by atoms with Crippen LogP contribution in [-0.2, 0) is 4.84 Å². The predicted octanol–water partition coefficient (Wildman–Crippen LogP) is 4.22. The van der Waals surface area contributed by atoms with Gasteiger partial charge >= 0.3 is 5.97 Å². The van der Waals surface area contributed by atoms with Crippen LogP contribution in [0.15, 0.2) is 47.6 Å². The summed E-state index contributed by atoms with van der Waals surface area (Å²) < 4.78 is 16.4. The molecule has 0 unspecified atom stereocenters. The number of unbranched alkanes of at least 4 members (excludes halogenated alkanes) is 1. The summed E-state index contributed by atoms with van der Waals surface area (Å²) >= 11 is 0. The molecule has 0 fully saturated rings. The third kappa shape index (κ3) is 4.78. The van der Waals surface area contributed by atoms with Crippen LogP contribution in [0.5, 0.6) is 17.2 Å². The van der Waals surface area contributed by atoms with E-state index in [9.17, 15) is 4.79 Å². The van der Waals surface area contributed by atoms with Crippen molar-refractivity contribution in [1.29, 1.82) is 0 Å². The Morgan fingerprint density at radius 3 is 2.67 bits per heavy atom. The monoisotopic (exact) mass is 369 g/mol. The average Bonchev–Trinajstić information content (AvgIpc) is 2.72. The second-order valence-corrected chi connectivity index (χ2v) is 6.10. The molecule has 0 aliphatic carbocycles. The maximum atomic E-state index is 12.3. The Kier molecular flexibility index (Phi) is 6.30. The van der Waals surface area contributed by atoms with E-state index >= 15 is 0 Å². The smallest absolute Gasteiger partial charge is 0.365 e. The minimum absolute atomic E-state index is 0.421. The number of oxime groups is 1. The zero-order valence-electron chi connectivity index (χ0n) is 15.6. The van der Waals surface area contributed by atoms with Crippen LogP contribution in [0, 0.1) is 0 Å². The fraction of sp³-hybridized carbons (Fsp3) is 0.333. The van der Waals surface area contributed by atoms with E-state index in [1.165, 1.54) is 0 Å². The lowest BCUT2D eigenvalue weighted by Crippen LogP contribution is -2.17. The van der Waals surface area contributed by atoms with Gasteiger partial charge in [0.1, 0.15) is 17.2 Å². The van der Waals surface area contributed by atoms with E-state index in [4.69, 9.17) is 19.0 Å². The van der Waals surface area contributed by atoms with E-state index in [2.05, 4.69) is 12.1 Å². The van der Waals surface area contributed by atoms with Crippen LogP contribution in [0.3, 0.4) is 0 Å². The minimum atomic E-state index is -0.510. The second kappa shape index (κ2) is 9.07. The molecule has 0 spiro atoms. The van der Waals surface area contributed by atoms with Crippen molar-refractivity contribution >= 4 is 11.7 Å². The highest BCUT2D eigenvalue weighted by Crippen LogP contribution is 2.29. The van der Waals surface area contributed by atoms with Crippen molar-refractivity contribution in [2.75, 3.05) is 20.3 Å². The molecule has 1 heterocycles. The Morgan fingerprint density at radius 1 is 1.15 bits per heavy atom. The largest absolute Gasteiger partial charge is 0.497 e. The number of carbonyl (C=O) groups excluding carboxylic acids is 1. The first kappa shape index (κ1) is 18.8. The van der Waals surface area contributed by atoms with Crippen molar-refractivity contribution in [2.45, 2.75) is 26.2 Å². The van der Waals surface area contributed by atoms with Gasteiger partial charge in [0.2, 0.25) is 0 Å². The van der Waals surface area contributed by atoms with Gasteiger partial charge in [0.05, 0.1) is 31.6 Å². The molecule has 0 bridgehead atoms. The topological polar surface area (TPSA) is 66.4 Å². The van der Waals surface area contributed by atoms with E-state index in [0.717, 1.165) is 24.2 Å². The van der Waals surface area contributed by atoms with Crippen LogP contribution >= 0.6 is 0 Å². The van der Waals surface area contributed by atoms with Crippen LogP contribution in [0.1, 0.15) is 42.1 Å². The molecule has 0 amide bonds. The normalized spacial score (nSPS) is 14.2. The van der Waals surface area contributed by atoms with Crippen molar-refractivity contribution < 1.29 is 23.8 Å². The number of methoxy groups -OCH3 is 1. The number of hydrogen-bond acceptors (Lipinski definition) is 6. The van der Waals surface area contributed by atoms with E-state index in [0.29, 0.717) is 42.4 Å². The van der Waals surface area contributed by atoms with Crippen LogP contribution in [0.2, 0.25) is 0 Å². The number of carbonyl (C=O) groups is 1. The SMILES string of the molecule is CCCCOc1ccc(C(=O)O/N=C2\CCOc3cc(OC)ccc32)cc1. The van der Waals surface area contributed by atoms with Gasteiger partial charge in [-0.3, -0.25) is 0 Å². The fourth-order valence-corrected chi connectivity index (χ4v) is 2.65. The third-order valence-corrected chi connectivity index (χ3v) is 4.19. The number of rotatable bonds is 7. The molecule has 1 aliphatic heterocycles. The van der Waals surface area contributed by atoms with Gasteiger partial charge in [0, 0.05) is 18.1 Å². The van der Waals surface area contributed by atoms with E-state index < -0.39 is 5.97 Å². The molecule has 6 heteroatoms. The highest BCUT2D eigenvalue weighted by molar-refractivity contribution is 6.04. The summed E-state index contributed by atoms with van der Waals surface area (Å²) in [6.07, 6.45) is 2.64. The van der Waals surface area contributed by atoms with E-state index in [1.807, 2.05) is 12.1 Å². The summed E-state index contributed by atoms with van der Waals surface area (Å²) in [6, 6.07) is 12.3. The molecule has 0 N–H and O–H groups in total. The van der Waals surface area contributed by atoms with Gasteiger partial charge < -0.3 is 19.0 Å². The lowest BCUT2D eigenvalue weighted by atomic mass is 10.0. The maximum Gasteiger partial charge on any atom is 0.365 e. The second-order valence-electron chi connectivity index (χ2n) is 6.10. The first-order chi connectivity index (χ1) is 13.2. The van der Waals surface area contributed by atoms with Crippen molar-refractivity contribution in [3.05, 3.63) is 53.6 Å². The average molecular weight is 369 g/mol. The molecule has 2 aromatic carbocycles. The van der Waals surface area contributed by atoms with E-state index in [1.54, 1.807) is 37.4 Å². The Bertz CT molecular complexity index is 814. The minimum Gasteiger partial charge on any atom is -0.497 e. The first-order valence-corrected chi connectivity index (χ1v) is 9.03. The van der Waals surface area contributed by atoms with Crippen LogP contribution in [0.4, 0.5) is 0 Å². The van der Waals surface area contributed by atoms with Gasteiger partial charge in [-0.2, -0.15) is 0 Å². The van der Waals surface area contributed by atoms with Crippen molar-refractivity contribution in [3.8, 4) is 17.2 Å². The summed E-state index contributed by atoms with van der Waals surface area (Å²) in [7, 11) is 1.60. The zero-order chi connectivity index (χ0) is 19.1. The van der Waals surface area contributed by atoms with Crippen LogP contribution in [0.25, 0.3) is 0 Å². The molecular formula is C21H23NO5. The van der Waals surface area contributed by atoms with Crippen LogP contribution in [-0.4, -0.2) is 32.0 Å². The number of nitrogens with zero attached hydrogens (tertiary/aromatic N) is 1. The molecule has 27 heavy (non-hydrogen) atoms. The predicted molar refractivity (Wildman–Crippen MR) is 102 cm³/mol. The van der Waals surface area contributed by atoms with Crippen LogP contribution < -0.4 is 14.2 Å². The summed E-state index contributed by atoms with van der Waals surface area (Å²) in [6.45, 7) is 3.25. The number of benzene rings is 2. The summed E-state index contributed by atoms with van der Waals surface area (Å²) in [5.41, 5.74) is 1.89. The first-order valence-electron chi connectivity index (χ1n) is 9.03. The Morgan fingerprint density at radius 2 is 1.93 bits per heavy atom. The molecule has 2 aromatic rings. The third-order valence-electron chi connectivity index (χ3n) is 4.19. The fourth-order valence-electron chi connectivity index (χ4n) is 2.65.